The molecular weight excluding hydrogens is 238 g/mol. The Hall–Kier alpha value is -1.22. The molecule has 0 aliphatic rings. The molecule has 4 heteroatoms. The van der Waals surface area contributed by atoms with Gasteiger partial charge in [0.05, 0.1) is 6.42 Å². The van der Waals surface area contributed by atoms with E-state index in [1.54, 1.807) is 24.3 Å². The zero-order valence-corrected chi connectivity index (χ0v) is 10.9. The highest BCUT2D eigenvalue weighted by atomic mass is 35.5. The van der Waals surface area contributed by atoms with Crippen LogP contribution < -0.4 is 5.32 Å². The highest BCUT2D eigenvalue weighted by Crippen LogP contribution is 2.17. The molecule has 0 saturated heterocycles. The number of carbonyl (C=O) groups excluding carboxylic acids is 1. The van der Waals surface area contributed by atoms with Crippen LogP contribution in [-0.4, -0.2) is 22.4 Å². The lowest BCUT2D eigenvalue weighted by molar-refractivity contribution is -0.122. The Kier molecular flexibility index (Phi) is 4.82. The van der Waals surface area contributed by atoms with Crippen molar-refractivity contribution in [3.8, 4) is 5.75 Å². The quantitative estimate of drug-likeness (QED) is 0.794. The van der Waals surface area contributed by atoms with Crippen molar-refractivity contribution in [3.05, 3.63) is 29.8 Å². The normalized spacial score (nSPS) is 11.2. The molecule has 0 heterocycles. The van der Waals surface area contributed by atoms with E-state index in [1.165, 1.54) is 0 Å². The highest BCUT2D eigenvalue weighted by molar-refractivity contribution is 6.17. The Morgan fingerprint density at radius 2 is 2.06 bits per heavy atom. The van der Waals surface area contributed by atoms with Crippen LogP contribution in [-0.2, 0) is 11.2 Å². The second kappa shape index (κ2) is 5.92. The molecule has 0 unspecified atom stereocenters. The van der Waals surface area contributed by atoms with Crippen molar-refractivity contribution in [1.29, 1.82) is 0 Å². The fraction of sp³-hybridized carbons (Fsp3) is 0.462. The van der Waals surface area contributed by atoms with Gasteiger partial charge < -0.3 is 10.4 Å². The number of carbonyl (C=O) groups is 1. The molecule has 17 heavy (non-hydrogen) atoms. The maximum absolute atomic E-state index is 11.8. The van der Waals surface area contributed by atoms with Crippen molar-refractivity contribution in [2.75, 3.05) is 5.88 Å². The Bertz CT molecular complexity index is 391. The molecular formula is C13H18ClNO2. The first-order chi connectivity index (χ1) is 7.94. The molecule has 0 aromatic heterocycles. The van der Waals surface area contributed by atoms with Crippen molar-refractivity contribution < 1.29 is 9.90 Å². The standard InChI is InChI=1S/C13H18ClNO2/c1-13(2,7-8-14)15-12(17)9-10-5-3-4-6-11(10)16/h3-6,16H,7-9H2,1-2H3,(H,15,17). The lowest BCUT2D eigenvalue weighted by atomic mass is 10.0. The van der Waals surface area contributed by atoms with E-state index in [1.807, 2.05) is 13.8 Å². The Morgan fingerprint density at radius 3 is 2.65 bits per heavy atom. The van der Waals surface area contributed by atoms with Gasteiger partial charge in [-0.1, -0.05) is 18.2 Å². The van der Waals surface area contributed by atoms with E-state index < -0.39 is 0 Å². The van der Waals surface area contributed by atoms with E-state index in [0.29, 0.717) is 17.9 Å². The molecule has 3 nitrogen and oxygen atoms in total. The Labute approximate surface area is 107 Å². The van der Waals surface area contributed by atoms with E-state index >= 15 is 0 Å². The lowest BCUT2D eigenvalue weighted by Gasteiger charge is -2.25. The second-order valence-corrected chi connectivity index (χ2v) is 5.05. The molecule has 1 aromatic carbocycles. The predicted octanol–water partition coefficient (Wildman–Crippen LogP) is 2.46. The number of para-hydroxylation sites is 1. The molecule has 0 fully saturated rings. The number of phenolic OH excluding ortho intramolecular Hbond substituents is 1. The number of nitrogens with one attached hydrogen (secondary N) is 1. The molecule has 0 radical (unpaired) electrons. The van der Waals surface area contributed by atoms with Crippen LogP contribution in [0.2, 0.25) is 0 Å². The lowest BCUT2D eigenvalue weighted by Crippen LogP contribution is -2.44. The maximum Gasteiger partial charge on any atom is 0.224 e. The van der Waals surface area contributed by atoms with Crippen LogP contribution in [0.25, 0.3) is 0 Å². The summed E-state index contributed by atoms with van der Waals surface area (Å²) in [4.78, 5) is 11.8. The van der Waals surface area contributed by atoms with E-state index in [0.717, 1.165) is 0 Å². The van der Waals surface area contributed by atoms with Gasteiger partial charge >= 0.3 is 0 Å². The summed E-state index contributed by atoms with van der Waals surface area (Å²) >= 11 is 5.66. The third kappa shape index (κ3) is 4.65. The minimum absolute atomic E-state index is 0.110. The molecule has 1 rings (SSSR count). The molecule has 0 aliphatic heterocycles. The second-order valence-electron chi connectivity index (χ2n) is 4.68. The zero-order valence-electron chi connectivity index (χ0n) is 10.2. The third-order valence-electron chi connectivity index (χ3n) is 2.54. The number of phenols is 1. The molecule has 0 saturated carbocycles. The average Bonchev–Trinajstić information content (AvgIpc) is 2.20. The van der Waals surface area contributed by atoms with Gasteiger partial charge in [0.1, 0.15) is 5.75 Å². The van der Waals surface area contributed by atoms with Gasteiger partial charge in [-0.15, -0.1) is 11.6 Å². The zero-order chi connectivity index (χ0) is 12.9. The first-order valence-electron chi connectivity index (χ1n) is 5.58. The summed E-state index contributed by atoms with van der Waals surface area (Å²) in [6, 6.07) is 6.84. The highest BCUT2D eigenvalue weighted by Gasteiger charge is 2.20. The van der Waals surface area contributed by atoms with Gasteiger partial charge in [0, 0.05) is 17.0 Å². The van der Waals surface area contributed by atoms with Crippen LogP contribution in [0.4, 0.5) is 0 Å². The first-order valence-corrected chi connectivity index (χ1v) is 6.12. The van der Waals surface area contributed by atoms with Gasteiger partial charge in [-0.25, -0.2) is 0 Å². The van der Waals surface area contributed by atoms with E-state index in [2.05, 4.69) is 5.32 Å². The van der Waals surface area contributed by atoms with Crippen molar-refractivity contribution in [3.63, 3.8) is 0 Å². The number of amides is 1. The van der Waals surface area contributed by atoms with Gasteiger partial charge in [0.25, 0.3) is 0 Å². The number of alkyl halides is 1. The largest absolute Gasteiger partial charge is 0.508 e. The maximum atomic E-state index is 11.8. The molecule has 2 N–H and O–H groups in total. The van der Waals surface area contributed by atoms with Crippen LogP contribution in [0.1, 0.15) is 25.8 Å². The predicted molar refractivity (Wildman–Crippen MR) is 69.4 cm³/mol. The molecule has 0 spiro atoms. The van der Waals surface area contributed by atoms with Crippen molar-refractivity contribution in [2.45, 2.75) is 32.2 Å². The SMILES string of the molecule is CC(C)(CCCl)NC(=O)Cc1ccccc1O. The van der Waals surface area contributed by atoms with E-state index in [9.17, 15) is 9.90 Å². The average molecular weight is 256 g/mol. The Balaban J connectivity index is 2.59. The smallest absolute Gasteiger partial charge is 0.224 e. The molecule has 94 valence electrons. The topological polar surface area (TPSA) is 49.3 Å². The summed E-state index contributed by atoms with van der Waals surface area (Å²) in [5.41, 5.74) is 0.315. The number of rotatable bonds is 5. The van der Waals surface area contributed by atoms with Crippen LogP contribution in [0.3, 0.4) is 0 Å². The number of aromatic hydroxyl groups is 1. The van der Waals surface area contributed by atoms with Crippen LogP contribution in [0.15, 0.2) is 24.3 Å². The summed E-state index contributed by atoms with van der Waals surface area (Å²) in [6.07, 6.45) is 0.888. The number of halogens is 1. The van der Waals surface area contributed by atoms with Gasteiger partial charge in [-0.2, -0.15) is 0 Å². The van der Waals surface area contributed by atoms with Gasteiger partial charge in [0.2, 0.25) is 5.91 Å². The number of hydrogen-bond acceptors (Lipinski definition) is 2. The van der Waals surface area contributed by atoms with Gasteiger partial charge in [-0.05, 0) is 26.3 Å². The van der Waals surface area contributed by atoms with E-state index in [4.69, 9.17) is 11.6 Å². The summed E-state index contributed by atoms with van der Waals surface area (Å²) in [5.74, 6) is 0.545. The first kappa shape index (κ1) is 13.8. The minimum Gasteiger partial charge on any atom is -0.508 e. The van der Waals surface area contributed by atoms with Gasteiger partial charge in [-0.3, -0.25) is 4.79 Å². The summed E-state index contributed by atoms with van der Waals surface area (Å²) < 4.78 is 0. The third-order valence-corrected chi connectivity index (χ3v) is 2.73. The number of hydrogen-bond donors (Lipinski definition) is 2. The van der Waals surface area contributed by atoms with Crippen molar-refractivity contribution >= 4 is 17.5 Å². The van der Waals surface area contributed by atoms with E-state index in [-0.39, 0.29) is 23.6 Å². The van der Waals surface area contributed by atoms with Gasteiger partial charge in [0.15, 0.2) is 0 Å². The van der Waals surface area contributed by atoms with Crippen LogP contribution in [0.5, 0.6) is 5.75 Å². The number of benzene rings is 1. The van der Waals surface area contributed by atoms with Crippen LogP contribution >= 0.6 is 11.6 Å². The fourth-order valence-corrected chi connectivity index (χ4v) is 2.03. The molecule has 0 atom stereocenters. The van der Waals surface area contributed by atoms with Crippen LogP contribution in [0, 0.1) is 0 Å². The molecule has 1 aromatic rings. The summed E-state index contributed by atoms with van der Waals surface area (Å²) in [7, 11) is 0. The Morgan fingerprint density at radius 1 is 1.41 bits per heavy atom. The fourth-order valence-electron chi connectivity index (χ4n) is 1.55. The molecule has 0 aliphatic carbocycles. The minimum atomic E-state index is -0.316. The van der Waals surface area contributed by atoms with Crippen molar-refractivity contribution in [1.82, 2.24) is 5.32 Å². The molecule has 1 amide bonds. The summed E-state index contributed by atoms with van der Waals surface area (Å²) in [5, 5.41) is 12.5. The van der Waals surface area contributed by atoms with Crippen molar-refractivity contribution in [2.24, 2.45) is 0 Å². The summed E-state index contributed by atoms with van der Waals surface area (Å²) in [6.45, 7) is 3.86. The monoisotopic (exact) mass is 255 g/mol. The molecule has 0 bridgehead atoms.